The molecule has 1 amide bonds. The number of rotatable bonds is 6. The number of likely N-dealkylation sites (N-methyl/N-ethyl adjacent to an activating group) is 1. The molecule has 0 aliphatic heterocycles. The van der Waals surface area contributed by atoms with E-state index in [0.717, 1.165) is 6.42 Å². The van der Waals surface area contributed by atoms with E-state index in [1.807, 2.05) is 19.4 Å². The Morgan fingerprint density at radius 3 is 2.88 bits per heavy atom. The van der Waals surface area contributed by atoms with Gasteiger partial charge in [0.2, 0.25) is 5.91 Å². The second-order valence-electron chi connectivity index (χ2n) is 3.63. The van der Waals surface area contributed by atoms with E-state index in [0.29, 0.717) is 19.0 Å². The first-order valence-corrected chi connectivity index (χ1v) is 6.11. The molecule has 0 bridgehead atoms. The predicted molar refractivity (Wildman–Crippen MR) is 71.4 cm³/mol. The summed E-state index contributed by atoms with van der Waals surface area (Å²) in [6.07, 6.45) is 1.41. The predicted octanol–water partition coefficient (Wildman–Crippen LogP) is 1.83. The van der Waals surface area contributed by atoms with E-state index >= 15 is 0 Å². The number of carbonyl (C=O) groups is 1. The Kier molecular flexibility index (Phi) is 8.25. The highest BCUT2D eigenvalue weighted by atomic mass is 35.5. The first-order valence-electron chi connectivity index (χ1n) is 5.17. The lowest BCUT2D eigenvalue weighted by molar-refractivity contribution is -0.121. The molecule has 0 aliphatic carbocycles. The van der Waals surface area contributed by atoms with Crippen molar-refractivity contribution in [2.24, 2.45) is 0 Å². The smallest absolute Gasteiger partial charge is 0.220 e. The molecule has 0 aromatic carbocycles. The fraction of sp³-hybridized carbons (Fsp3) is 0.545. The van der Waals surface area contributed by atoms with Crippen LogP contribution in [0.1, 0.15) is 18.9 Å². The standard InChI is InChI=1S/C11H18N2OS.ClH/c1-9(12-2)7-13-11(14)4-3-10-5-6-15-8-10;/h5-6,8-9,12H,3-4,7H2,1-2H3,(H,13,14);1H. The Bertz CT molecular complexity index is 290. The van der Waals surface area contributed by atoms with Crippen LogP contribution in [0, 0.1) is 0 Å². The fourth-order valence-electron chi connectivity index (χ4n) is 1.15. The third-order valence-corrected chi connectivity index (χ3v) is 3.05. The molecule has 1 atom stereocenters. The van der Waals surface area contributed by atoms with Crippen LogP contribution in [0.2, 0.25) is 0 Å². The summed E-state index contributed by atoms with van der Waals surface area (Å²) in [5, 5.41) is 10.1. The number of hydrogen-bond acceptors (Lipinski definition) is 3. The summed E-state index contributed by atoms with van der Waals surface area (Å²) in [4.78, 5) is 11.4. The molecule has 16 heavy (non-hydrogen) atoms. The Hall–Kier alpha value is -0.580. The quantitative estimate of drug-likeness (QED) is 0.821. The molecule has 1 rings (SSSR count). The highest BCUT2D eigenvalue weighted by Crippen LogP contribution is 2.07. The average molecular weight is 263 g/mol. The second kappa shape index (κ2) is 8.56. The molecule has 1 unspecified atom stereocenters. The molecule has 1 aromatic rings. The van der Waals surface area contributed by atoms with E-state index in [2.05, 4.69) is 22.1 Å². The highest BCUT2D eigenvalue weighted by molar-refractivity contribution is 7.07. The molecule has 5 heteroatoms. The number of carbonyl (C=O) groups excluding carboxylic acids is 1. The van der Waals surface area contributed by atoms with Crippen molar-refractivity contribution in [1.82, 2.24) is 10.6 Å². The zero-order valence-electron chi connectivity index (χ0n) is 9.66. The number of hydrogen-bond donors (Lipinski definition) is 2. The van der Waals surface area contributed by atoms with Crippen LogP contribution in [-0.2, 0) is 11.2 Å². The molecule has 0 saturated heterocycles. The van der Waals surface area contributed by atoms with Crippen LogP contribution in [0.3, 0.4) is 0 Å². The number of amides is 1. The maximum absolute atomic E-state index is 11.4. The van der Waals surface area contributed by atoms with Crippen LogP contribution in [0.25, 0.3) is 0 Å². The van der Waals surface area contributed by atoms with Gasteiger partial charge in [-0.3, -0.25) is 4.79 Å². The van der Waals surface area contributed by atoms with E-state index in [4.69, 9.17) is 0 Å². The molecular formula is C11H19ClN2OS. The lowest BCUT2D eigenvalue weighted by atomic mass is 10.2. The van der Waals surface area contributed by atoms with Gasteiger partial charge in [0.15, 0.2) is 0 Å². The van der Waals surface area contributed by atoms with Crippen molar-refractivity contribution >= 4 is 29.7 Å². The van der Waals surface area contributed by atoms with Crippen LogP contribution in [0.4, 0.5) is 0 Å². The molecule has 1 aromatic heterocycles. The molecule has 1 heterocycles. The Labute approximate surface area is 107 Å². The number of nitrogens with one attached hydrogen (secondary N) is 2. The van der Waals surface area contributed by atoms with Gasteiger partial charge in [-0.25, -0.2) is 0 Å². The zero-order chi connectivity index (χ0) is 11.1. The van der Waals surface area contributed by atoms with Crippen LogP contribution in [0.5, 0.6) is 0 Å². The van der Waals surface area contributed by atoms with E-state index < -0.39 is 0 Å². The summed E-state index contributed by atoms with van der Waals surface area (Å²) < 4.78 is 0. The molecule has 0 spiro atoms. The third-order valence-electron chi connectivity index (χ3n) is 2.32. The fourth-order valence-corrected chi connectivity index (χ4v) is 1.85. The largest absolute Gasteiger partial charge is 0.355 e. The van der Waals surface area contributed by atoms with Gasteiger partial charge < -0.3 is 10.6 Å². The van der Waals surface area contributed by atoms with Crippen LogP contribution < -0.4 is 10.6 Å². The maximum Gasteiger partial charge on any atom is 0.220 e. The van der Waals surface area contributed by atoms with Gasteiger partial charge >= 0.3 is 0 Å². The van der Waals surface area contributed by atoms with Crippen molar-refractivity contribution in [3.63, 3.8) is 0 Å². The van der Waals surface area contributed by atoms with Crippen LogP contribution in [0.15, 0.2) is 16.8 Å². The van der Waals surface area contributed by atoms with Crippen molar-refractivity contribution < 1.29 is 4.79 Å². The molecule has 3 nitrogen and oxygen atoms in total. The molecular weight excluding hydrogens is 244 g/mol. The molecule has 0 saturated carbocycles. The van der Waals surface area contributed by atoms with Gasteiger partial charge in [0.05, 0.1) is 0 Å². The normalized spacial score (nSPS) is 11.6. The minimum absolute atomic E-state index is 0. The number of aryl methyl sites for hydroxylation is 1. The molecule has 0 fully saturated rings. The maximum atomic E-state index is 11.4. The third kappa shape index (κ3) is 6.10. The minimum Gasteiger partial charge on any atom is -0.355 e. The van der Waals surface area contributed by atoms with Crippen LogP contribution >= 0.6 is 23.7 Å². The summed E-state index contributed by atoms with van der Waals surface area (Å²) >= 11 is 1.67. The van der Waals surface area contributed by atoms with Crippen molar-refractivity contribution in [1.29, 1.82) is 0 Å². The average Bonchev–Trinajstić information content (AvgIpc) is 2.75. The zero-order valence-corrected chi connectivity index (χ0v) is 11.3. The first-order chi connectivity index (χ1) is 7.22. The minimum atomic E-state index is 0. The van der Waals surface area contributed by atoms with E-state index in [-0.39, 0.29) is 18.3 Å². The van der Waals surface area contributed by atoms with Gasteiger partial charge in [0.1, 0.15) is 0 Å². The van der Waals surface area contributed by atoms with Gasteiger partial charge in [-0.2, -0.15) is 11.3 Å². The van der Waals surface area contributed by atoms with E-state index in [9.17, 15) is 4.79 Å². The van der Waals surface area contributed by atoms with Crippen molar-refractivity contribution in [3.8, 4) is 0 Å². The van der Waals surface area contributed by atoms with Crippen molar-refractivity contribution in [3.05, 3.63) is 22.4 Å². The van der Waals surface area contributed by atoms with Gasteiger partial charge in [-0.05, 0) is 42.8 Å². The Morgan fingerprint density at radius 1 is 1.56 bits per heavy atom. The van der Waals surface area contributed by atoms with Gasteiger partial charge in [-0.15, -0.1) is 12.4 Å². The van der Waals surface area contributed by atoms with Crippen molar-refractivity contribution in [2.45, 2.75) is 25.8 Å². The second-order valence-corrected chi connectivity index (χ2v) is 4.41. The molecule has 0 aliphatic rings. The summed E-state index contributed by atoms with van der Waals surface area (Å²) in [7, 11) is 1.89. The molecule has 92 valence electrons. The SMILES string of the molecule is CNC(C)CNC(=O)CCc1ccsc1.Cl. The summed E-state index contributed by atoms with van der Waals surface area (Å²) in [6.45, 7) is 2.73. The first kappa shape index (κ1) is 15.4. The Morgan fingerprint density at radius 2 is 2.31 bits per heavy atom. The van der Waals surface area contributed by atoms with Gasteiger partial charge in [0, 0.05) is 19.0 Å². The monoisotopic (exact) mass is 262 g/mol. The summed E-state index contributed by atoms with van der Waals surface area (Å²) in [5.74, 6) is 0.128. The Balaban J connectivity index is 0.00000225. The number of halogens is 1. The van der Waals surface area contributed by atoms with E-state index in [1.165, 1.54) is 5.56 Å². The summed E-state index contributed by atoms with van der Waals surface area (Å²) in [6, 6.07) is 2.39. The lowest BCUT2D eigenvalue weighted by Gasteiger charge is -2.10. The van der Waals surface area contributed by atoms with Crippen molar-refractivity contribution in [2.75, 3.05) is 13.6 Å². The lowest BCUT2D eigenvalue weighted by Crippen LogP contribution is -2.37. The topological polar surface area (TPSA) is 41.1 Å². The number of thiophene rings is 1. The highest BCUT2D eigenvalue weighted by Gasteiger charge is 2.04. The van der Waals surface area contributed by atoms with Crippen LogP contribution in [-0.4, -0.2) is 25.5 Å². The molecule has 0 radical (unpaired) electrons. The van der Waals surface area contributed by atoms with Gasteiger partial charge in [0.25, 0.3) is 0 Å². The molecule has 2 N–H and O–H groups in total. The van der Waals surface area contributed by atoms with E-state index in [1.54, 1.807) is 11.3 Å². The summed E-state index contributed by atoms with van der Waals surface area (Å²) in [5.41, 5.74) is 1.25. The van der Waals surface area contributed by atoms with Gasteiger partial charge in [-0.1, -0.05) is 0 Å².